The van der Waals surface area contributed by atoms with Crippen LogP contribution in [0, 0.1) is 6.92 Å². The molecule has 6 heteroatoms. The van der Waals surface area contributed by atoms with E-state index in [2.05, 4.69) is 10.6 Å². The quantitative estimate of drug-likeness (QED) is 0.623. The van der Waals surface area contributed by atoms with E-state index in [-0.39, 0.29) is 18.4 Å². The van der Waals surface area contributed by atoms with Crippen molar-refractivity contribution in [2.75, 3.05) is 17.2 Å². The van der Waals surface area contributed by atoms with E-state index in [1.807, 2.05) is 31.2 Å². The maximum atomic E-state index is 12.3. The van der Waals surface area contributed by atoms with Gasteiger partial charge in [-0.3, -0.25) is 9.59 Å². The molecule has 28 heavy (non-hydrogen) atoms. The Labute approximate surface area is 168 Å². The number of carbonyl (C=O) groups is 2. The van der Waals surface area contributed by atoms with Crippen molar-refractivity contribution in [3.63, 3.8) is 0 Å². The Morgan fingerprint density at radius 1 is 0.893 bits per heavy atom. The molecule has 0 aromatic heterocycles. The van der Waals surface area contributed by atoms with Crippen LogP contribution in [0.4, 0.5) is 11.4 Å². The fourth-order valence-corrected chi connectivity index (χ4v) is 2.65. The van der Waals surface area contributed by atoms with Crippen LogP contribution in [0.15, 0.2) is 72.8 Å². The first kappa shape index (κ1) is 19.5. The van der Waals surface area contributed by atoms with Crippen molar-refractivity contribution in [1.82, 2.24) is 0 Å². The Balaban J connectivity index is 1.51. The second-order valence-electron chi connectivity index (χ2n) is 6.19. The third-order valence-corrected chi connectivity index (χ3v) is 4.14. The van der Waals surface area contributed by atoms with Crippen LogP contribution in [0.2, 0.25) is 5.02 Å². The van der Waals surface area contributed by atoms with Crippen LogP contribution < -0.4 is 15.4 Å². The Morgan fingerprint density at radius 3 is 2.29 bits per heavy atom. The van der Waals surface area contributed by atoms with Gasteiger partial charge in [-0.05, 0) is 61.5 Å². The van der Waals surface area contributed by atoms with E-state index in [0.717, 1.165) is 11.3 Å². The lowest BCUT2D eigenvalue weighted by Crippen LogP contribution is -2.20. The fourth-order valence-electron chi connectivity index (χ4n) is 2.45. The first-order chi connectivity index (χ1) is 13.5. The van der Waals surface area contributed by atoms with Crippen LogP contribution in [0.5, 0.6) is 5.75 Å². The van der Waals surface area contributed by atoms with Gasteiger partial charge in [-0.2, -0.15) is 0 Å². The maximum absolute atomic E-state index is 12.3. The van der Waals surface area contributed by atoms with Crippen molar-refractivity contribution in [3.05, 3.63) is 88.9 Å². The summed E-state index contributed by atoms with van der Waals surface area (Å²) in [6.45, 7) is 1.83. The molecule has 5 nitrogen and oxygen atoms in total. The molecule has 0 radical (unpaired) electrons. The van der Waals surface area contributed by atoms with Gasteiger partial charge in [0.05, 0.1) is 0 Å². The Kier molecular flexibility index (Phi) is 6.29. The Bertz CT molecular complexity index is 970. The minimum Gasteiger partial charge on any atom is -0.484 e. The number of benzene rings is 3. The number of nitrogens with one attached hydrogen (secondary N) is 2. The van der Waals surface area contributed by atoms with E-state index in [4.69, 9.17) is 16.3 Å². The summed E-state index contributed by atoms with van der Waals surface area (Å²) in [5.41, 5.74) is 2.95. The Hall–Kier alpha value is -3.31. The predicted octanol–water partition coefficient (Wildman–Crippen LogP) is 4.92. The highest BCUT2D eigenvalue weighted by Gasteiger charge is 2.08. The zero-order valence-electron chi connectivity index (χ0n) is 15.2. The van der Waals surface area contributed by atoms with E-state index in [1.54, 1.807) is 48.5 Å². The molecule has 0 saturated heterocycles. The van der Waals surface area contributed by atoms with E-state index >= 15 is 0 Å². The third-order valence-electron chi connectivity index (χ3n) is 3.90. The van der Waals surface area contributed by atoms with Crippen molar-refractivity contribution in [2.45, 2.75) is 6.92 Å². The smallest absolute Gasteiger partial charge is 0.262 e. The molecule has 142 valence electrons. The molecular weight excluding hydrogens is 376 g/mol. The topological polar surface area (TPSA) is 67.4 Å². The predicted molar refractivity (Wildman–Crippen MR) is 111 cm³/mol. The van der Waals surface area contributed by atoms with Crippen LogP contribution in [-0.4, -0.2) is 18.4 Å². The van der Waals surface area contributed by atoms with Gasteiger partial charge < -0.3 is 15.4 Å². The number of halogens is 1. The molecule has 3 aromatic carbocycles. The number of hydrogen-bond acceptors (Lipinski definition) is 3. The Morgan fingerprint density at radius 2 is 1.61 bits per heavy atom. The van der Waals surface area contributed by atoms with Gasteiger partial charge in [0.25, 0.3) is 11.8 Å². The monoisotopic (exact) mass is 394 g/mol. The van der Waals surface area contributed by atoms with E-state index in [9.17, 15) is 9.59 Å². The summed E-state index contributed by atoms with van der Waals surface area (Å²) in [6, 6.07) is 21.0. The summed E-state index contributed by atoms with van der Waals surface area (Å²) < 4.78 is 5.46. The molecular formula is C22H19ClN2O3. The number of rotatable bonds is 6. The standard InChI is InChI=1S/C22H19ClN2O3/c1-15-5-9-18(10-6-15)25-22(27)16-7-11-20(12-8-16)28-14-21(26)24-19-4-2-3-17(23)13-19/h2-13H,14H2,1H3,(H,24,26)(H,25,27). The largest absolute Gasteiger partial charge is 0.484 e. The summed E-state index contributed by atoms with van der Waals surface area (Å²) in [4.78, 5) is 24.2. The molecule has 0 aliphatic carbocycles. The number of amides is 2. The van der Waals surface area contributed by atoms with Crippen molar-refractivity contribution in [3.8, 4) is 5.75 Å². The molecule has 3 rings (SSSR count). The molecule has 0 aliphatic rings. The summed E-state index contributed by atoms with van der Waals surface area (Å²) in [5, 5.41) is 6.07. The summed E-state index contributed by atoms with van der Waals surface area (Å²) in [5.74, 6) is -0.0225. The molecule has 0 aliphatic heterocycles. The number of carbonyl (C=O) groups excluding carboxylic acids is 2. The molecule has 0 fully saturated rings. The SMILES string of the molecule is Cc1ccc(NC(=O)c2ccc(OCC(=O)Nc3cccc(Cl)c3)cc2)cc1. The third kappa shape index (κ3) is 5.59. The lowest BCUT2D eigenvalue weighted by Gasteiger charge is -2.09. The molecule has 0 heterocycles. The van der Waals surface area contributed by atoms with Crippen molar-refractivity contribution in [1.29, 1.82) is 0 Å². The first-order valence-corrected chi connectivity index (χ1v) is 9.04. The van der Waals surface area contributed by atoms with Gasteiger partial charge in [0, 0.05) is 22.0 Å². The summed E-state index contributed by atoms with van der Waals surface area (Å²) >= 11 is 5.88. The molecule has 0 spiro atoms. The van der Waals surface area contributed by atoms with Gasteiger partial charge in [-0.25, -0.2) is 0 Å². The second kappa shape index (κ2) is 9.06. The molecule has 0 bridgehead atoms. The van der Waals surface area contributed by atoms with Crippen LogP contribution in [0.1, 0.15) is 15.9 Å². The minimum absolute atomic E-state index is 0.151. The number of aryl methyl sites for hydroxylation is 1. The van der Waals surface area contributed by atoms with Gasteiger partial charge in [-0.1, -0.05) is 35.4 Å². The highest BCUT2D eigenvalue weighted by atomic mass is 35.5. The van der Waals surface area contributed by atoms with Crippen LogP contribution in [0.25, 0.3) is 0 Å². The minimum atomic E-state index is -0.302. The molecule has 0 atom stereocenters. The number of hydrogen-bond donors (Lipinski definition) is 2. The zero-order chi connectivity index (χ0) is 19.9. The normalized spacial score (nSPS) is 10.2. The number of ether oxygens (including phenoxy) is 1. The van der Waals surface area contributed by atoms with Gasteiger partial charge in [-0.15, -0.1) is 0 Å². The van der Waals surface area contributed by atoms with Crippen LogP contribution >= 0.6 is 11.6 Å². The average molecular weight is 395 g/mol. The van der Waals surface area contributed by atoms with Gasteiger partial charge in [0.1, 0.15) is 5.75 Å². The van der Waals surface area contributed by atoms with E-state index in [0.29, 0.717) is 22.0 Å². The highest BCUT2D eigenvalue weighted by molar-refractivity contribution is 6.30. The second-order valence-corrected chi connectivity index (χ2v) is 6.63. The highest BCUT2D eigenvalue weighted by Crippen LogP contribution is 2.16. The molecule has 3 aromatic rings. The summed E-state index contributed by atoms with van der Waals surface area (Å²) in [7, 11) is 0. The van der Waals surface area contributed by atoms with Gasteiger partial charge in [0.2, 0.25) is 0 Å². The van der Waals surface area contributed by atoms with Gasteiger partial charge in [0.15, 0.2) is 6.61 Å². The first-order valence-electron chi connectivity index (χ1n) is 8.66. The fraction of sp³-hybridized carbons (Fsp3) is 0.0909. The molecule has 2 N–H and O–H groups in total. The van der Waals surface area contributed by atoms with Crippen LogP contribution in [-0.2, 0) is 4.79 Å². The lowest BCUT2D eigenvalue weighted by atomic mass is 10.2. The van der Waals surface area contributed by atoms with Crippen molar-refractivity contribution >= 4 is 34.8 Å². The maximum Gasteiger partial charge on any atom is 0.262 e. The van der Waals surface area contributed by atoms with Crippen molar-refractivity contribution < 1.29 is 14.3 Å². The number of anilines is 2. The summed E-state index contributed by atoms with van der Waals surface area (Å²) in [6.07, 6.45) is 0. The zero-order valence-corrected chi connectivity index (χ0v) is 16.0. The lowest BCUT2D eigenvalue weighted by molar-refractivity contribution is -0.118. The molecule has 2 amide bonds. The molecule has 0 unspecified atom stereocenters. The van der Waals surface area contributed by atoms with E-state index in [1.165, 1.54) is 0 Å². The van der Waals surface area contributed by atoms with E-state index < -0.39 is 0 Å². The average Bonchev–Trinajstić information content (AvgIpc) is 2.68. The van der Waals surface area contributed by atoms with Crippen LogP contribution in [0.3, 0.4) is 0 Å². The molecule has 0 saturated carbocycles. The van der Waals surface area contributed by atoms with Gasteiger partial charge >= 0.3 is 0 Å². The van der Waals surface area contributed by atoms with Crippen molar-refractivity contribution in [2.24, 2.45) is 0 Å².